The van der Waals surface area contributed by atoms with Crippen LogP contribution in [0.5, 0.6) is 0 Å². The summed E-state index contributed by atoms with van der Waals surface area (Å²) in [6.45, 7) is 1.10. The van der Waals surface area contributed by atoms with Crippen LogP contribution in [-0.2, 0) is 16.8 Å². The molecule has 0 saturated carbocycles. The van der Waals surface area contributed by atoms with Crippen LogP contribution in [0.3, 0.4) is 0 Å². The van der Waals surface area contributed by atoms with Crippen LogP contribution in [0.15, 0.2) is 48.5 Å². The summed E-state index contributed by atoms with van der Waals surface area (Å²) in [5, 5.41) is 3.71. The van der Waals surface area contributed by atoms with Crippen LogP contribution in [0.4, 0.5) is 5.69 Å². The molecule has 1 atom stereocenters. The molecule has 1 aliphatic carbocycles. The topological polar surface area (TPSA) is 41.6 Å². The lowest BCUT2D eigenvalue weighted by Gasteiger charge is -2.51. The first-order chi connectivity index (χ1) is 11.8. The Labute approximate surface area is 142 Å². The lowest BCUT2D eigenvalue weighted by Crippen LogP contribution is -2.59. The van der Waals surface area contributed by atoms with E-state index < -0.39 is 5.66 Å². The fraction of sp³-hybridized carbons (Fsp3) is 0.350. The molecule has 1 heterocycles. The summed E-state index contributed by atoms with van der Waals surface area (Å²) in [5.41, 5.74) is 3.73. The Kier molecular flexibility index (Phi) is 3.77. The maximum atomic E-state index is 13.2. The summed E-state index contributed by atoms with van der Waals surface area (Å²) in [5.74, 6) is 0.0816. The van der Waals surface area contributed by atoms with Crippen LogP contribution in [0.25, 0.3) is 0 Å². The molecule has 1 unspecified atom stereocenters. The summed E-state index contributed by atoms with van der Waals surface area (Å²) in [6.07, 6.45) is 3.03. The quantitative estimate of drug-likeness (QED) is 0.942. The molecule has 1 spiro atoms. The van der Waals surface area contributed by atoms with Crippen molar-refractivity contribution >= 4 is 11.6 Å². The molecular weight excluding hydrogens is 300 g/mol. The van der Waals surface area contributed by atoms with E-state index in [-0.39, 0.29) is 5.91 Å². The molecule has 1 aliphatic heterocycles. The molecular formula is C20H22N2O2. The zero-order chi connectivity index (χ0) is 16.6. The Morgan fingerprint density at radius 3 is 2.83 bits per heavy atom. The molecule has 2 aromatic rings. The van der Waals surface area contributed by atoms with Crippen LogP contribution < -0.4 is 5.32 Å². The van der Waals surface area contributed by atoms with Gasteiger partial charge in [0, 0.05) is 24.9 Å². The molecule has 2 aliphatic rings. The van der Waals surface area contributed by atoms with Gasteiger partial charge in [-0.3, -0.25) is 4.79 Å². The zero-order valence-corrected chi connectivity index (χ0v) is 13.9. The van der Waals surface area contributed by atoms with Crippen molar-refractivity contribution in [1.82, 2.24) is 4.90 Å². The third kappa shape index (κ3) is 2.21. The molecule has 4 rings (SSSR count). The molecule has 24 heavy (non-hydrogen) atoms. The van der Waals surface area contributed by atoms with E-state index in [1.807, 2.05) is 29.2 Å². The maximum Gasteiger partial charge on any atom is 0.258 e. The number of aryl methyl sites for hydroxylation is 1. The first kappa shape index (κ1) is 15.2. The number of rotatable bonds is 3. The predicted octanol–water partition coefficient (Wildman–Crippen LogP) is 3.39. The number of nitrogens with one attached hydrogen (secondary N) is 1. The Morgan fingerprint density at radius 2 is 1.96 bits per heavy atom. The van der Waals surface area contributed by atoms with Gasteiger partial charge < -0.3 is 15.0 Å². The Morgan fingerprint density at radius 1 is 1.17 bits per heavy atom. The van der Waals surface area contributed by atoms with Gasteiger partial charge in [0.05, 0.1) is 12.2 Å². The van der Waals surface area contributed by atoms with Crippen LogP contribution in [0.2, 0.25) is 0 Å². The van der Waals surface area contributed by atoms with E-state index in [4.69, 9.17) is 4.74 Å². The number of para-hydroxylation sites is 1. The highest BCUT2D eigenvalue weighted by Gasteiger charge is 2.47. The molecule has 1 amide bonds. The molecule has 2 aromatic carbocycles. The van der Waals surface area contributed by atoms with Crippen LogP contribution in [0.1, 0.15) is 34.3 Å². The van der Waals surface area contributed by atoms with Crippen LogP contribution in [-0.4, -0.2) is 31.1 Å². The summed E-state index contributed by atoms with van der Waals surface area (Å²) >= 11 is 0. The fourth-order valence-electron chi connectivity index (χ4n) is 4.08. The second kappa shape index (κ2) is 5.95. The van der Waals surface area contributed by atoms with Crippen molar-refractivity contribution in [3.05, 3.63) is 65.2 Å². The molecule has 0 aromatic heterocycles. The minimum absolute atomic E-state index is 0.0816. The molecule has 0 fully saturated rings. The van der Waals surface area contributed by atoms with E-state index in [2.05, 4.69) is 29.6 Å². The highest BCUT2D eigenvalue weighted by molar-refractivity contribution is 6.02. The second-order valence-corrected chi connectivity index (χ2v) is 6.49. The maximum absolute atomic E-state index is 13.2. The van der Waals surface area contributed by atoms with Gasteiger partial charge in [-0.25, -0.2) is 0 Å². The lowest BCUT2D eigenvalue weighted by molar-refractivity contribution is 0.0344. The molecule has 4 nitrogen and oxygen atoms in total. The highest BCUT2D eigenvalue weighted by Crippen LogP contribution is 2.44. The zero-order valence-electron chi connectivity index (χ0n) is 13.9. The van der Waals surface area contributed by atoms with Crippen molar-refractivity contribution < 1.29 is 9.53 Å². The van der Waals surface area contributed by atoms with Crippen molar-refractivity contribution in [2.75, 3.05) is 25.6 Å². The standard InChI is InChI=1S/C20H22N2O2/c1-24-14-13-22-19(23)16-9-3-5-11-18(16)21-20(22)12-6-8-15-7-2-4-10-17(15)20/h2-5,7,9-11,21H,6,8,12-14H2,1H3. The van der Waals surface area contributed by atoms with E-state index in [0.717, 1.165) is 30.5 Å². The largest absolute Gasteiger partial charge is 0.383 e. The molecule has 124 valence electrons. The third-order valence-corrected chi connectivity index (χ3v) is 5.17. The van der Waals surface area contributed by atoms with Gasteiger partial charge in [-0.1, -0.05) is 36.4 Å². The number of amides is 1. The van der Waals surface area contributed by atoms with Crippen molar-refractivity contribution in [3.63, 3.8) is 0 Å². The van der Waals surface area contributed by atoms with Gasteiger partial charge >= 0.3 is 0 Å². The number of hydrogen-bond donors (Lipinski definition) is 1. The smallest absolute Gasteiger partial charge is 0.258 e. The van der Waals surface area contributed by atoms with E-state index in [1.54, 1.807) is 7.11 Å². The van der Waals surface area contributed by atoms with E-state index in [9.17, 15) is 4.79 Å². The van der Waals surface area contributed by atoms with Gasteiger partial charge in [-0.2, -0.15) is 0 Å². The van der Waals surface area contributed by atoms with Crippen molar-refractivity contribution in [3.8, 4) is 0 Å². The lowest BCUT2D eigenvalue weighted by atomic mass is 9.79. The molecule has 0 saturated heterocycles. The first-order valence-electron chi connectivity index (χ1n) is 8.53. The minimum atomic E-state index is -0.473. The van der Waals surface area contributed by atoms with Crippen molar-refractivity contribution in [2.24, 2.45) is 0 Å². The average molecular weight is 322 g/mol. The van der Waals surface area contributed by atoms with E-state index in [0.29, 0.717) is 13.2 Å². The van der Waals surface area contributed by atoms with E-state index in [1.165, 1.54) is 11.1 Å². The summed E-state index contributed by atoms with van der Waals surface area (Å²) < 4.78 is 5.28. The fourth-order valence-corrected chi connectivity index (χ4v) is 4.08. The van der Waals surface area contributed by atoms with Gasteiger partial charge in [0.1, 0.15) is 5.66 Å². The van der Waals surface area contributed by atoms with Gasteiger partial charge in [-0.15, -0.1) is 0 Å². The number of carbonyl (C=O) groups is 1. The number of benzene rings is 2. The van der Waals surface area contributed by atoms with Crippen molar-refractivity contribution in [1.29, 1.82) is 0 Å². The van der Waals surface area contributed by atoms with Gasteiger partial charge in [-0.05, 0) is 37.0 Å². The van der Waals surface area contributed by atoms with Gasteiger partial charge in [0.15, 0.2) is 0 Å². The minimum Gasteiger partial charge on any atom is -0.383 e. The molecule has 1 N–H and O–H groups in total. The second-order valence-electron chi connectivity index (χ2n) is 6.49. The van der Waals surface area contributed by atoms with E-state index >= 15 is 0 Å². The van der Waals surface area contributed by atoms with Gasteiger partial charge in [0.25, 0.3) is 5.91 Å². The Hall–Kier alpha value is -2.33. The summed E-state index contributed by atoms with van der Waals surface area (Å²) in [6, 6.07) is 16.3. The van der Waals surface area contributed by atoms with Gasteiger partial charge in [0.2, 0.25) is 0 Å². The number of ether oxygens (including phenoxy) is 1. The predicted molar refractivity (Wildman–Crippen MR) is 94.0 cm³/mol. The number of carbonyl (C=O) groups excluding carboxylic acids is 1. The first-order valence-corrected chi connectivity index (χ1v) is 8.53. The van der Waals surface area contributed by atoms with Crippen LogP contribution >= 0.6 is 0 Å². The Balaban J connectivity index is 1.88. The summed E-state index contributed by atoms with van der Waals surface area (Å²) in [7, 11) is 1.68. The number of hydrogen-bond acceptors (Lipinski definition) is 3. The van der Waals surface area contributed by atoms with Crippen LogP contribution in [0, 0.1) is 0 Å². The number of nitrogens with zero attached hydrogens (tertiary/aromatic N) is 1. The number of methoxy groups -OCH3 is 1. The normalized spacial score (nSPS) is 22.0. The molecule has 4 heteroatoms. The SMILES string of the molecule is COCCN1C(=O)c2ccccc2NC12CCCc1ccccc12. The molecule has 0 radical (unpaired) electrons. The average Bonchev–Trinajstić information content (AvgIpc) is 2.62. The number of anilines is 1. The highest BCUT2D eigenvalue weighted by atomic mass is 16.5. The third-order valence-electron chi connectivity index (χ3n) is 5.17. The number of fused-ring (bicyclic) bond motifs is 3. The summed E-state index contributed by atoms with van der Waals surface area (Å²) in [4.78, 5) is 15.2. The Bertz CT molecular complexity index is 774. The monoisotopic (exact) mass is 322 g/mol. The van der Waals surface area contributed by atoms with Crippen molar-refractivity contribution in [2.45, 2.75) is 24.9 Å². The molecule has 0 bridgehead atoms.